The van der Waals surface area contributed by atoms with E-state index in [2.05, 4.69) is 41.9 Å². The molecule has 0 aromatic heterocycles. The first-order valence-corrected chi connectivity index (χ1v) is 12.2. The zero-order valence-corrected chi connectivity index (χ0v) is 22.3. The Morgan fingerprint density at radius 3 is 2.22 bits per heavy atom. The van der Waals surface area contributed by atoms with Crippen molar-refractivity contribution in [3.05, 3.63) is 97.7 Å². The maximum atomic E-state index is 13.2. The summed E-state index contributed by atoms with van der Waals surface area (Å²) in [5, 5.41) is 2.15. The molecule has 1 heterocycles. The summed E-state index contributed by atoms with van der Waals surface area (Å²) in [5.41, 5.74) is 1.37. The number of nitrogens with zero attached hydrogens (tertiary/aromatic N) is 1. The van der Waals surface area contributed by atoms with Gasteiger partial charge in [-0.15, -0.1) is 0 Å². The summed E-state index contributed by atoms with van der Waals surface area (Å²) in [5.74, 6) is -2.13. The molecule has 0 spiro atoms. The Labute approximate surface area is 227 Å². The third-order valence-electron chi connectivity index (χ3n) is 5.28. The lowest BCUT2D eigenvalue weighted by Crippen LogP contribution is -2.54. The van der Waals surface area contributed by atoms with Crippen LogP contribution in [-0.4, -0.2) is 30.9 Å². The predicted molar refractivity (Wildman–Crippen MR) is 139 cm³/mol. The van der Waals surface area contributed by atoms with Crippen LogP contribution in [-0.2, 0) is 20.9 Å². The molecule has 4 rings (SSSR count). The van der Waals surface area contributed by atoms with Crippen LogP contribution in [0.3, 0.4) is 0 Å². The zero-order chi connectivity index (χ0) is 26.7. The van der Waals surface area contributed by atoms with Crippen LogP contribution in [0.4, 0.5) is 14.9 Å². The van der Waals surface area contributed by atoms with E-state index < -0.39 is 23.8 Å². The highest BCUT2D eigenvalue weighted by atomic mass is 79.9. The van der Waals surface area contributed by atoms with Gasteiger partial charge in [-0.25, -0.2) is 18.9 Å². The maximum absolute atomic E-state index is 13.2. The molecule has 0 radical (unpaired) electrons. The van der Waals surface area contributed by atoms with Crippen molar-refractivity contribution in [3.8, 4) is 5.75 Å². The van der Waals surface area contributed by atoms with E-state index in [0.717, 1.165) is 10.5 Å². The number of hydrogen-bond donors (Lipinski definition) is 1. The Kier molecular flexibility index (Phi) is 7.84. The molecule has 0 saturated carbocycles. The van der Waals surface area contributed by atoms with Gasteiger partial charge in [0.1, 0.15) is 23.7 Å². The third-order valence-corrected chi connectivity index (χ3v) is 6.45. The number of methoxy groups -OCH3 is 1. The molecule has 0 bridgehead atoms. The number of urea groups is 1. The van der Waals surface area contributed by atoms with Crippen molar-refractivity contribution in [3.63, 3.8) is 0 Å². The average molecular weight is 632 g/mol. The number of esters is 1. The highest BCUT2D eigenvalue weighted by molar-refractivity contribution is 9.11. The summed E-state index contributed by atoms with van der Waals surface area (Å²) in [6, 6.07) is 13.9. The van der Waals surface area contributed by atoms with E-state index in [1.54, 1.807) is 24.3 Å². The summed E-state index contributed by atoms with van der Waals surface area (Å²) >= 11 is 6.86. The molecule has 0 atom stereocenters. The molecule has 0 aliphatic carbocycles. The number of carbonyl (C=O) groups is 4. The van der Waals surface area contributed by atoms with Crippen LogP contribution in [0.5, 0.6) is 5.75 Å². The molecule has 4 amide bonds. The van der Waals surface area contributed by atoms with E-state index in [1.165, 1.54) is 49.6 Å². The van der Waals surface area contributed by atoms with Crippen LogP contribution in [0.15, 0.2) is 75.2 Å². The van der Waals surface area contributed by atoms with Gasteiger partial charge in [-0.05, 0) is 97.6 Å². The van der Waals surface area contributed by atoms with Crippen LogP contribution >= 0.6 is 31.9 Å². The number of imide groups is 2. The minimum absolute atomic E-state index is 0.167. The molecule has 188 valence electrons. The van der Waals surface area contributed by atoms with Gasteiger partial charge < -0.3 is 9.47 Å². The average Bonchev–Trinajstić information content (AvgIpc) is 2.87. The number of benzene rings is 3. The van der Waals surface area contributed by atoms with Crippen LogP contribution in [0, 0.1) is 5.82 Å². The van der Waals surface area contributed by atoms with Gasteiger partial charge in [0.25, 0.3) is 11.8 Å². The highest BCUT2D eigenvalue weighted by Gasteiger charge is 2.37. The van der Waals surface area contributed by atoms with E-state index in [0.29, 0.717) is 20.3 Å². The second-order valence-electron chi connectivity index (χ2n) is 7.73. The fraction of sp³-hybridized carbons (Fsp3) is 0.0769. The van der Waals surface area contributed by atoms with Crippen LogP contribution in [0.1, 0.15) is 21.5 Å². The number of amides is 4. The van der Waals surface area contributed by atoms with Gasteiger partial charge in [-0.2, -0.15) is 0 Å². The van der Waals surface area contributed by atoms with E-state index in [9.17, 15) is 23.6 Å². The SMILES string of the molecule is COC(=O)c1ccc(N2C(=O)NC(=O)/C(=C\c3cc(Br)c(OCc4ccc(F)cc4)c(Br)c3)C2=O)cc1. The second-order valence-corrected chi connectivity index (χ2v) is 9.43. The monoisotopic (exact) mass is 630 g/mol. The number of anilines is 1. The van der Waals surface area contributed by atoms with Gasteiger partial charge in [0.15, 0.2) is 0 Å². The molecule has 11 heteroatoms. The van der Waals surface area contributed by atoms with Crippen molar-refractivity contribution >= 4 is 67.4 Å². The first-order valence-electron chi connectivity index (χ1n) is 10.6. The van der Waals surface area contributed by atoms with Crippen LogP contribution in [0.25, 0.3) is 6.08 Å². The predicted octanol–water partition coefficient (Wildman–Crippen LogP) is 5.38. The van der Waals surface area contributed by atoms with Crippen molar-refractivity contribution in [2.45, 2.75) is 6.61 Å². The number of rotatable bonds is 6. The zero-order valence-electron chi connectivity index (χ0n) is 19.1. The summed E-state index contributed by atoms with van der Waals surface area (Å²) in [4.78, 5) is 50.6. The lowest BCUT2D eigenvalue weighted by atomic mass is 10.1. The molecule has 8 nitrogen and oxygen atoms in total. The molecule has 1 N–H and O–H groups in total. The van der Waals surface area contributed by atoms with Gasteiger partial charge in [-0.3, -0.25) is 14.9 Å². The summed E-state index contributed by atoms with van der Waals surface area (Å²) in [7, 11) is 1.24. The van der Waals surface area contributed by atoms with Crippen LogP contribution in [0.2, 0.25) is 0 Å². The first kappa shape index (κ1) is 26.2. The van der Waals surface area contributed by atoms with Gasteiger partial charge in [0, 0.05) is 0 Å². The Bertz CT molecular complexity index is 1420. The normalized spacial score (nSPS) is 14.5. The molecule has 3 aromatic rings. The van der Waals surface area contributed by atoms with Crippen LogP contribution < -0.4 is 15.0 Å². The quantitative estimate of drug-likeness (QED) is 0.223. The fourth-order valence-corrected chi connectivity index (χ4v) is 4.91. The molecule has 0 unspecified atom stereocenters. The lowest BCUT2D eigenvalue weighted by Gasteiger charge is -2.26. The van der Waals surface area contributed by atoms with Crippen molar-refractivity contribution in [1.82, 2.24) is 5.32 Å². The van der Waals surface area contributed by atoms with E-state index >= 15 is 0 Å². The third kappa shape index (κ3) is 5.78. The molecule has 1 aliphatic rings. The number of halogens is 3. The largest absolute Gasteiger partial charge is 0.487 e. The molecular formula is C26H17Br2FN2O6. The Morgan fingerprint density at radius 2 is 1.62 bits per heavy atom. The lowest BCUT2D eigenvalue weighted by molar-refractivity contribution is -0.122. The topological polar surface area (TPSA) is 102 Å². The minimum Gasteiger partial charge on any atom is -0.487 e. The van der Waals surface area contributed by atoms with Gasteiger partial charge in [-0.1, -0.05) is 12.1 Å². The van der Waals surface area contributed by atoms with E-state index in [1.807, 2.05) is 0 Å². The molecule has 37 heavy (non-hydrogen) atoms. The van der Waals surface area contributed by atoms with E-state index in [-0.39, 0.29) is 29.2 Å². The summed E-state index contributed by atoms with van der Waals surface area (Å²) in [6.45, 7) is 0.185. The highest BCUT2D eigenvalue weighted by Crippen LogP contribution is 2.36. The second kappa shape index (κ2) is 11.1. The van der Waals surface area contributed by atoms with Crippen molar-refractivity contribution in [2.75, 3.05) is 12.0 Å². The number of ether oxygens (including phenoxy) is 2. The number of barbiturate groups is 1. The Morgan fingerprint density at radius 1 is 1.00 bits per heavy atom. The summed E-state index contributed by atoms with van der Waals surface area (Å²) < 4.78 is 24.7. The summed E-state index contributed by atoms with van der Waals surface area (Å²) in [6.07, 6.45) is 1.35. The van der Waals surface area contributed by atoms with Gasteiger partial charge in [0.05, 0.1) is 27.3 Å². The molecule has 3 aromatic carbocycles. The minimum atomic E-state index is -0.912. The first-order chi connectivity index (χ1) is 17.7. The smallest absolute Gasteiger partial charge is 0.337 e. The molecule has 1 aliphatic heterocycles. The number of carbonyl (C=O) groups excluding carboxylic acids is 4. The van der Waals surface area contributed by atoms with Gasteiger partial charge in [0.2, 0.25) is 0 Å². The number of nitrogens with one attached hydrogen (secondary N) is 1. The van der Waals surface area contributed by atoms with E-state index in [4.69, 9.17) is 4.74 Å². The van der Waals surface area contributed by atoms with Crippen molar-refractivity contribution < 1.29 is 33.0 Å². The maximum Gasteiger partial charge on any atom is 0.337 e. The van der Waals surface area contributed by atoms with Gasteiger partial charge >= 0.3 is 12.0 Å². The Balaban J connectivity index is 1.58. The number of hydrogen-bond acceptors (Lipinski definition) is 6. The standard InChI is InChI=1S/C26H17Br2FN2O6/c1-36-25(34)16-4-8-18(9-5-16)31-24(33)19(23(32)30-26(31)35)10-15-11-20(27)22(21(28)12-15)37-13-14-2-6-17(29)7-3-14/h2-12H,13H2,1H3,(H,30,32,35)/b19-10+. The molecule has 1 fully saturated rings. The fourth-order valence-electron chi connectivity index (χ4n) is 3.46. The Hall–Kier alpha value is -3.83. The molecule has 1 saturated heterocycles. The van der Waals surface area contributed by atoms with Crippen molar-refractivity contribution in [1.29, 1.82) is 0 Å². The van der Waals surface area contributed by atoms with Crippen molar-refractivity contribution in [2.24, 2.45) is 0 Å². The molecular weight excluding hydrogens is 615 g/mol.